The van der Waals surface area contributed by atoms with Crippen molar-refractivity contribution in [3.63, 3.8) is 0 Å². The highest BCUT2D eigenvalue weighted by Crippen LogP contribution is 2.36. The molecule has 9 nitrogen and oxygen atoms in total. The van der Waals surface area contributed by atoms with Crippen LogP contribution in [0.2, 0.25) is 0 Å². The van der Waals surface area contributed by atoms with Crippen molar-refractivity contribution in [2.75, 3.05) is 26.9 Å². The Morgan fingerprint density at radius 1 is 1.39 bits per heavy atom. The number of likely N-dealkylation sites (N-methyl/N-ethyl adjacent to an activating group) is 1. The van der Waals surface area contributed by atoms with Crippen LogP contribution >= 0.6 is 11.3 Å². The number of aromatic nitrogens is 2. The third kappa shape index (κ3) is 4.58. The van der Waals surface area contributed by atoms with Gasteiger partial charge in [0.1, 0.15) is 18.5 Å². The molecule has 10 heteroatoms. The third-order valence-electron chi connectivity index (χ3n) is 4.43. The summed E-state index contributed by atoms with van der Waals surface area (Å²) in [5, 5.41) is 21.8. The van der Waals surface area contributed by atoms with Gasteiger partial charge in [0.15, 0.2) is 0 Å². The van der Waals surface area contributed by atoms with Crippen molar-refractivity contribution in [1.82, 2.24) is 19.7 Å². The molecule has 1 aliphatic rings. The Morgan fingerprint density at radius 3 is 2.79 bits per heavy atom. The van der Waals surface area contributed by atoms with E-state index < -0.39 is 16.8 Å². The van der Waals surface area contributed by atoms with Crippen LogP contribution in [0.5, 0.6) is 10.9 Å². The lowest BCUT2D eigenvalue weighted by atomic mass is 10.3. The molecule has 1 aromatic carbocycles. The quantitative estimate of drug-likeness (QED) is 0.373. The number of nitrogens with zero attached hydrogens (tertiary/aromatic N) is 4. The number of rotatable bonds is 8. The Kier molecular flexibility index (Phi) is 6.45. The van der Waals surface area contributed by atoms with Gasteiger partial charge in [-0.05, 0) is 19.1 Å². The first-order valence-electron chi connectivity index (χ1n) is 9.05. The molecule has 1 aliphatic heterocycles. The minimum absolute atomic E-state index is 0.0387. The Balaban J connectivity index is 1.65. The number of carbonyl (C=O) groups is 1. The van der Waals surface area contributed by atoms with Crippen LogP contribution in [0.4, 0.5) is 5.13 Å². The van der Waals surface area contributed by atoms with Crippen LogP contribution in [0.25, 0.3) is 0 Å². The Labute approximate surface area is 167 Å². The molecule has 0 radical (unpaired) electrons. The lowest BCUT2D eigenvalue weighted by Gasteiger charge is -2.38. The van der Waals surface area contributed by atoms with Crippen LogP contribution in [-0.4, -0.2) is 60.3 Å². The van der Waals surface area contributed by atoms with Gasteiger partial charge in [-0.3, -0.25) is 9.44 Å². The molecule has 1 aromatic heterocycles. The second kappa shape index (κ2) is 8.82. The van der Waals surface area contributed by atoms with Crippen molar-refractivity contribution in [2.45, 2.75) is 32.6 Å². The van der Waals surface area contributed by atoms with Crippen LogP contribution < -0.4 is 14.1 Å². The second-order valence-corrected chi connectivity index (χ2v) is 7.47. The summed E-state index contributed by atoms with van der Waals surface area (Å²) >= 11 is 1.06. The smallest absolute Gasteiger partial charge is 0.314 e. The summed E-state index contributed by atoms with van der Waals surface area (Å²) in [5.74, 6) is 0.192. The number of methoxy groups -OCH3 is 1. The number of hydroxylamine groups is 2. The number of hydrogen-bond donors (Lipinski definition) is 0. The maximum absolute atomic E-state index is 13.5. The van der Waals surface area contributed by atoms with Gasteiger partial charge >= 0.3 is 11.1 Å². The topological polar surface area (TPSA) is 96.8 Å². The molecule has 0 bridgehead atoms. The van der Waals surface area contributed by atoms with Crippen molar-refractivity contribution < 1.29 is 19.0 Å². The predicted octanol–water partition coefficient (Wildman–Crippen LogP) is 2.37. The molecule has 0 aliphatic carbocycles. The molecule has 2 heterocycles. The summed E-state index contributed by atoms with van der Waals surface area (Å²) in [7, 11) is 1.47. The van der Waals surface area contributed by atoms with Gasteiger partial charge in [0.2, 0.25) is 0 Å². The number of benzene rings is 1. The van der Waals surface area contributed by atoms with Gasteiger partial charge in [0.05, 0.1) is 20.1 Å². The van der Waals surface area contributed by atoms with Crippen LogP contribution in [0.3, 0.4) is 0 Å². The number of ether oxygens (including phenoxy) is 3. The molecule has 152 valence electrons. The third-order valence-corrected chi connectivity index (χ3v) is 5.43. The fourth-order valence-corrected chi connectivity index (χ4v) is 3.71. The van der Waals surface area contributed by atoms with E-state index in [1.54, 1.807) is 6.92 Å². The maximum Gasteiger partial charge on any atom is 0.314 e. The SMILES string of the molecule is CCN1CC(OC(=O)CC(C)Oc2ccccc2)[N+]([O-])(c2nnc(OC)s2)C1. The summed E-state index contributed by atoms with van der Waals surface area (Å²) in [6.07, 6.45) is -1.25. The lowest BCUT2D eigenvalue weighted by molar-refractivity contribution is -0.155. The molecule has 0 amide bonds. The Morgan fingerprint density at radius 2 is 2.14 bits per heavy atom. The highest BCUT2D eigenvalue weighted by molar-refractivity contribution is 7.16. The zero-order chi connectivity index (χ0) is 20.1. The van der Waals surface area contributed by atoms with Crippen LogP contribution in [0.1, 0.15) is 20.3 Å². The van der Waals surface area contributed by atoms with Crippen molar-refractivity contribution in [3.8, 4) is 10.9 Å². The minimum Gasteiger partial charge on any atom is -0.622 e. The summed E-state index contributed by atoms with van der Waals surface area (Å²) in [5.41, 5.74) is 0. The fraction of sp³-hybridized carbons (Fsp3) is 0.500. The molecular weight excluding hydrogens is 384 g/mol. The van der Waals surface area contributed by atoms with Gasteiger partial charge in [-0.15, -0.1) is 0 Å². The van der Waals surface area contributed by atoms with Gasteiger partial charge in [-0.1, -0.05) is 35.3 Å². The first kappa shape index (κ1) is 20.5. The second-order valence-electron chi connectivity index (χ2n) is 6.55. The maximum atomic E-state index is 13.5. The molecule has 28 heavy (non-hydrogen) atoms. The summed E-state index contributed by atoms with van der Waals surface area (Å²) < 4.78 is 15.4. The number of hydrogen-bond acceptors (Lipinski definition) is 9. The van der Waals surface area contributed by atoms with Gasteiger partial charge in [0, 0.05) is 17.9 Å². The zero-order valence-electron chi connectivity index (χ0n) is 16.1. The zero-order valence-corrected chi connectivity index (χ0v) is 16.9. The molecular formula is C18H24N4O5S. The Bertz CT molecular complexity index is 789. The average molecular weight is 408 g/mol. The van der Waals surface area contributed by atoms with Gasteiger partial charge < -0.3 is 19.4 Å². The van der Waals surface area contributed by atoms with E-state index >= 15 is 0 Å². The summed E-state index contributed by atoms with van der Waals surface area (Å²) in [4.78, 5) is 14.4. The number of esters is 1. The molecule has 0 saturated carbocycles. The van der Waals surface area contributed by atoms with E-state index in [0.29, 0.717) is 24.0 Å². The van der Waals surface area contributed by atoms with E-state index in [-0.39, 0.29) is 24.3 Å². The highest BCUT2D eigenvalue weighted by atomic mass is 32.1. The lowest BCUT2D eigenvalue weighted by Crippen LogP contribution is -2.51. The molecule has 0 N–H and O–H groups in total. The van der Waals surface area contributed by atoms with E-state index in [4.69, 9.17) is 14.2 Å². The number of para-hydroxylation sites is 1. The Hall–Kier alpha value is -2.27. The largest absolute Gasteiger partial charge is 0.622 e. The molecule has 3 unspecified atom stereocenters. The van der Waals surface area contributed by atoms with E-state index in [0.717, 1.165) is 11.3 Å². The number of quaternary nitrogens is 1. The highest BCUT2D eigenvalue weighted by Gasteiger charge is 2.46. The van der Waals surface area contributed by atoms with E-state index in [9.17, 15) is 10.0 Å². The number of carbonyl (C=O) groups excluding carboxylic acids is 1. The minimum atomic E-state index is -0.908. The van der Waals surface area contributed by atoms with E-state index in [1.165, 1.54) is 7.11 Å². The van der Waals surface area contributed by atoms with Crippen LogP contribution in [0.15, 0.2) is 30.3 Å². The molecule has 0 spiro atoms. The predicted molar refractivity (Wildman–Crippen MR) is 105 cm³/mol. The van der Waals surface area contributed by atoms with Crippen molar-refractivity contribution in [2.24, 2.45) is 0 Å². The van der Waals surface area contributed by atoms with Gasteiger partial charge in [-0.2, -0.15) is 0 Å². The van der Waals surface area contributed by atoms with Crippen molar-refractivity contribution >= 4 is 22.4 Å². The van der Waals surface area contributed by atoms with E-state index in [1.807, 2.05) is 42.2 Å². The normalized spacial score (nSPS) is 23.4. The van der Waals surface area contributed by atoms with E-state index in [2.05, 4.69) is 10.2 Å². The average Bonchev–Trinajstić information content (AvgIpc) is 3.28. The fourth-order valence-electron chi connectivity index (χ4n) is 2.98. The van der Waals surface area contributed by atoms with Crippen molar-refractivity contribution in [1.29, 1.82) is 0 Å². The standard InChI is InChI=1S/C18H24N4O5S/c1-4-21-11-15(22(24,12-21)17-19-20-18(25-3)28-17)27-16(23)10-13(2)26-14-8-6-5-7-9-14/h5-9,13,15H,4,10-12H2,1-3H3. The summed E-state index contributed by atoms with van der Waals surface area (Å²) in [6, 6.07) is 9.25. The van der Waals surface area contributed by atoms with Crippen LogP contribution in [-0.2, 0) is 9.53 Å². The first-order chi connectivity index (χ1) is 13.4. The van der Waals surface area contributed by atoms with Gasteiger partial charge in [0.25, 0.3) is 11.4 Å². The van der Waals surface area contributed by atoms with Crippen molar-refractivity contribution in [3.05, 3.63) is 35.5 Å². The molecule has 3 atom stereocenters. The molecule has 1 fully saturated rings. The van der Waals surface area contributed by atoms with Crippen LogP contribution in [0, 0.1) is 5.21 Å². The monoisotopic (exact) mass is 408 g/mol. The summed E-state index contributed by atoms with van der Waals surface area (Å²) in [6.45, 7) is 4.88. The molecule has 1 saturated heterocycles. The molecule has 2 aromatic rings. The first-order valence-corrected chi connectivity index (χ1v) is 9.86. The van der Waals surface area contributed by atoms with Gasteiger partial charge in [-0.25, -0.2) is 4.90 Å². The molecule has 3 rings (SSSR count).